The van der Waals surface area contributed by atoms with E-state index < -0.39 is 36.3 Å². The van der Waals surface area contributed by atoms with Gasteiger partial charge in [-0.2, -0.15) is 0 Å². The lowest BCUT2D eigenvalue weighted by molar-refractivity contribution is -0.324. The van der Waals surface area contributed by atoms with Gasteiger partial charge in [0.1, 0.15) is 31.0 Å². The second kappa shape index (κ2) is 32.0. The third-order valence-electron chi connectivity index (χ3n) is 12.2. The molecule has 1 fully saturated rings. The van der Waals surface area contributed by atoms with Crippen LogP contribution in [0.25, 0.3) is 6.08 Å². The van der Waals surface area contributed by atoms with Crippen LogP contribution >= 0.6 is 0 Å². The van der Waals surface area contributed by atoms with Gasteiger partial charge in [0.05, 0.1) is 5.60 Å². The summed E-state index contributed by atoms with van der Waals surface area (Å²) >= 11 is 0. The first-order valence-electron chi connectivity index (χ1n) is 24.6. The molecule has 0 bridgehead atoms. The monoisotopic (exact) mass is 897 g/mol. The van der Waals surface area contributed by atoms with Crippen LogP contribution in [-0.2, 0) is 19.0 Å². The molecule has 7 heteroatoms. The van der Waals surface area contributed by atoms with E-state index in [2.05, 4.69) is 160 Å². The quantitative estimate of drug-likeness (QED) is 0.0418. The van der Waals surface area contributed by atoms with E-state index >= 15 is 0 Å². The van der Waals surface area contributed by atoms with Gasteiger partial charge in [0.15, 0.2) is 6.29 Å². The Kier molecular flexibility index (Phi) is 28.2. The Balaban J connectivity index is 1.72. The molecule has 0 amide bonds. The van der Waals surface area contributed by atoms with Gasteiger partial charge in [-0.15, -0.1) is 0 Å². The van der Waals surface area contributed by atoms with Crippen molar-refractivity contribution in [2.45, 2.75) is 202 Å². The third kappa shape index (κ3) is 24.5. The Morgan fingerprint density at radius 2 is 1.25 bits per heavy atom. The molecular weight excluding hydrogens is 809 g/mol. The number of rotatable bonds is 29. The van der Waals surface area contributed by atoms with Crippen LogP contribution in [-0.4, -0.2) is 64.2 Å². The zero-order chi connectivity index (χ0) is 48.2. The van der Waals surface area contributed by atoms with E-state index in [4.69, 9.17) is 14.2 Å². The Labute approximate surface area is 395 Å². The average molecular weight is 897 g/mol. The molecule has 3 N–H and O–H groups in total. The van der Waals surface area contributed by atoms with Crippen molar-refractivity contribution in [1.29, 1.82) is 0 Å². The molecule has 1 aromatic rings. The van der Waals surface area contributed by atoms with Gasteiger partial charge in [0, 0.05) is 6.42 Å². The summed E-state index contributed by atoms with van der Waals surface area (Å²) in [6.07, 6.45) is 37.6. The molecule has 7 nitrogen and oxygen atoms in total. The molecule has 65 heavy (non-hydrogen) atoms. The minimum atomic E-state index is -1.48. The van der Waals surface area contributed by atoms with Crippen molar-refractivity contribution >= 4 is 12.0 Å². The minimum Gasteiger partial charge on any atom is -0.463 e. The van der Waals surface area contributed by atoms with Crippen LogP contribution in [0.15, 0.2) is 113 Å². The van der Waals surface area contributed by atoms with Gasteiger partial charge in [0.25, 0.3) is 0 Å². The SMILES string of the molecule is CCCCCCCCCCCC(=O)OC[C@H]1O[C@H](OC(C)(C)CCC[C@H](C)C/C=C/C(C)=C/C=C/C(C)=C/C=C/C=C(C)/C=C/C=C(C)/C=C/c2c(C)ccc(C)c2C)[C@H](O)[C@@H](O)[C@@H]1O. The van der Waals surface area contributed by atoms with Gasteiger partial charge in [-0.05, 0) is 110 Å². The molecule has 1 heterocycles. The Bertz CT molecular complexity index is 1830. The van der Waals surface area contributed by atoms with Crippen LogP contribution in [0.5, 0.6) is 0 Å². The summed E-state index contributed by atoms with van der Waals surface area (Å²) in [5, 5.41) is 31.9. The van der Waals surface area contributed by atoms with E-state index in [0.717, 1.165) is 38.5 Å². The Morgan fingerprint density at radius 1 is 0.708 bits per heavy atom. The van der Waals surface area contributed by atoms with E-state index in [1.807, 2.05) is 13.8 Å². The zero-order valence-corrected chi connectivity index (χ0v) is 42.3. The number of esters is 1. The summed E-state index contributed by atoms with van der Waals surface area (Å²) in [5.41, 5.74) is 9.33. The topological polar surface area (TPSA) is 105 Å². The highest BCUT2D eigenvalue weighted by Crippen LogP contribution is 2.29. The molecule has 2 rings (SSSR count). The molecule has 0 saturated carbocycles. The highest BCUT2D eigenvalue weighted by molar-refractivity contribution is 5.69. The van der Waals surface area contributed by atoms with Crippen molar-refractivity contribution in [2.24, 2.45) is 5.92 Å². The van der Waals surface area contributed by atoms with Crippen LogP contribution in [0.2, 0.25) is 0 Å². The molecule has 0 aromatic heterocycles. The number of ether oxygens (including phenoxy) is 3. The molecule has 1 aliphatic rings. The van der Waals surface area contributed by atoms with Crippen LogP contribution in [0.3, 0.4) is 0 Å². The summed E-state index contributed by atoms with van der Waals surface area (Å²) in [7, 11) is 0. The molecule has 1 aromatic carbocycles. The maximum atomic E-state index is 12.4. The number of allylic oxidation sites excluding steroid dienone is 17. The number of carbonyl (C=O) groups is 1. The average Bonchev–Trinajstić information content (AvgIpc) is 3.25. The van der Waals surface area contributed by atoms with Crippen LogP contribution in [0.4, 0.5) is 0 Å². The standard InChI is InChI=1S/C58H88O7/c1-12-13-14-15-16-17-18-19-20-36-53(59)63-42-52-54(60)55(61)56(62)57(64-52)65-58(10,11)41-26-35-46(5)33-24-32-45(4)31-23-29-43(2)27-21-22-28-44(3)30-25-34-47(6)37-40-51-49(8)39-38-48(7)50(51)9/h21-25,27-32,34,37-40,46,52,54-57,60-62H,12-20,26,33,35-36,41-42H2,1-11H3/b22-21+,29-23+,30-25+,32-24+,40-37+,43-27+,44-28+,45-31+,47-34+/t46-,52-,54-,55+,56-,57-/m1/s1. The number of hydrogen-bond donors (Lipinski definition) is 3. The van der Waals surface area contributed by atoms with Crippen LogP contribution in [0, 0.1) is 26.7 Å². The second-order valence-corrected chi connectivity index (χ2v) is 19.1. The maximum absolute atomic E-state index is 12.4. The highest BCUT2D eigenvalue weighted by Gasteiger charge is 2.46. The third-order valence-corrected chi connectivity index (χ3v) is 12.2. The predicted octanol–water partition coefficient (Wildman–Crippen LogP) is 13.9. The van der Waals surface area contributed by atoms with E-state index in [9.17, 15) is 20.1 Å². The fraction of sp³-hybridized carbons (Fsp3) is 0.569. The molecule has 0 spiro atoms. The number of carbonyl (C=O) groups excluding carboxylic acids is 1. The summed E-state index contributed by atoms with van der Waals surface area (Å²) in [5.74, 6) is 0.118. The van der Waals surface area contributed by atoms with E-state index in [1.165, 1.54) is 83.1 Å². The zero-order valence-electron chi connectivity index (χ0n) is 42.3. The molecule has 0 aliphatic carbocycles. The smallest absolute Gasteiger partial charge is 0.305 e. The molecular formula is C58H88O7. The van der Waals surface area contributed by atoms with Gasteiger partial charge < -0.3 is 29.5 Å². The normalized spacial score (nSPS) is 21.3. The lowest BCUT2D eigenvalue weighted by atomic mass is 9.94. The van der Waals surface area contributed by atoms with Crippen molar-refractivity contribution in [2.75, 3.05) is 6.61 Å². The highest BCUT2D eigenvalue weighted by atomic mass is 16.7. The molecule has 1 aliphatic heterocycles. The minimum absolute atomic E-state index is 0.212. The molecule has 0 unspecified atom stereocenters. The van der Waals surface area contributed by atoms with E-state index in [1.54, 1.807) is 0 Å². The Morgan fingerprint density at radius 3 is 1.86 bits per heavy atom. The van der Waals surface area contributed by atoms with Crippen molar-refractivity contribution in [3.8, 4) is 0 Å². The number of aliphatic hydroxyl groups is 3. The number of benzene rings is 1. The maximum Gasteiger partial charge on any atom is 0.305 e. The van der Waals surface area contributed by atoms with Crippen molar-refractivity contribution in [1.82, 2.24) is 0 Å². The van der Waals surface area contributed by atoms with Crippen LogP contribution in [0.1, 0.15) is 168 Å². The lowest BCUT2D eigenvalue weighted by Crippen LogP contribution is -2.60. The number of hydrogen-bond acceptors (Lipinski definition) is 7. The summed E-state index contributed by atoms with van der Waals surface area (Å²) in [4.78, 5) is 12.4. The molecule has 1 saturated heterocycles. The van der Waals surface area contributed by atoms with Crippen molar-refractivity contribution in [3.63, 3.8) is 0 Å². The summed E-state index contributed by atoms with van der Waals surface area (Å²) in [6.45, 7) is 23.1. The van der Waals surface area contributed by atoms with Crippen LogP contribution < -0.4 is 0 Å². The predicted molar refractivity (Wildman–Crippen MR) is 274 cm³/mol. The number of aryl methyl sites for hydroxylation is 2. The first-order valence-corrected chi connectivity index (χ1v) is 24.6. The van der Waals surface area contributed by atoms with Gasteiger partial charge in [0.2, 0.25) is 0 Å². The summed E-state index contributed by atoms with van der Waals surface area (Å²) < 4.78 is 17.5. The first kappa shape index (κ1) is 57.3. The summed E-state index contributed by atoms with van der Waals surface area (Å²) in [6, 6.07) is 4.37. The van der Waals surface area contributed by atoms with Crippen molar-refractivity contribution < 1.29 is 34.3 Å². The number of aliphatic hydroxyl groups excluding tert-OH is 3. The largest absolute Gasteiger partial charge is 0.463 e. The first-order chi connectivity index (χ1) is 30.9. The van der Waals surface area contributed by atoms with Gasteiger partial charge in [-0.1, -0.05) is 198 Å². The van der Waals surface area contributed by atoms with Gasteiger partial charge >= 0.3 is 5.97 Å². The molecule has 0 radical (unpaired) electrons. The molecule has 362 valence electrons. The van der Waals surface area contributed by atoms with E-state index in [0.29, 0.717) is 18.8 Å². The van der Waals surface area contributed by atoms with E-state index in [-0.39, 0.29) is 12.6 Å². The lowest BCUT2D eigenvalue weighted by Gasteiger charge is -2.43. The van der Waals surface area contributed by atoms with Gasteiger partial charge in [-0.25, -0.2) is 0 Å². The molecule has 6 atom stereocenters. The second-order valence-electron chi connectivity index (χ2n) is 19.1. The Hall–Kier alpha value is -3.85. The van der Waals surface area contributed by atoms with Gasteiger partial charge in [-0.3, -0.25) is 4.79 Å². The fourth-order valence-corrected chi connectivity index (χ4v) is 7.62. The van der Waals surface area contributed by atoms with Crippen molar-refractivity contribution in [3.05, 3.63) is 136 Å². The number of unbranched alkanes of at least 4 members (excludes halogenated alkanes) is 8. The fourth-order valence-electron chi connectivity index (χ4n) is 7.62.